The quantitative estimate of drug-likeness (QED) is 0.237. The normalized spacial score (nSPS) is 10.9. The van der Waals surface area contributed by atoms with E-state index < -0.39 is 11.7 Å². The number of oxazole rings is 1. The van der Waals surface area contributed by atoms with Crippen molar-refractivity contribution < 1.29 is 13.6 Å². The Morgan fingerprint density at radius 1 is 0.972 bits per heavy atom. The van der Waals surface area contributed by atoms with Crippen LogP contribution in [0.2, 0.25) is 15.1 Å². The molecular weight excluding hydrogens is 524 g/mol. The molecule has 0 atom stereocenters. The summed E-state index contributed by atoms with van der Waals surface area (Å²) in [6.07, 6.45) is 8.45. The summed E-state index contributed by atoms with van der Waals surface area (Å²) in [5.74, 6) is 1.57. The van der Waals surface area contributed by atoms with Gasteiger partial charge in [-0.05, 0) is 54.6 Å². The summed E-state index contributed by atoms with van der Waals surface area (Å²) < 4.78 is 20.8. The summed E-state index contributed by atoms with van der Waals surface area (Å²) >= 11 is 18.4. The molecule has 2 heterocycles. The van der Waals surface area contributed by atoms with Crippen LogP contribution in [-0.2, 0) is 0 Å². The van der Waals surface area contributed by atoms with Crippen molar-refractivity contribution in [2.45, 2.75) is 0 Å². The van der Waals surface area contributed by atoms with Crippen LogP contribution in [0, 0.1) is 18.2 Å². The fourth-order valence-electron chi connectivity index (χ4n) is 3.63. The first-order valence-corrected chi connectivity index (χ1v) is 11.5. The maximum Gasteiger partial charge on any atom is 0.257 e. The van der Waals surface area contributed by atoms with Gasteiger partial charge in [-0.1, -0.05) is 40.7 Å². The molecule has 2 aromatic heterocycles. The third kappa shape index (κ3) is 4.52. The Bertz CT molecular complexity index is 1710. The van der Waals surface area contributed by atoms with Gasteiger partial charge >= 0.3 is 0 Å². The van der Waals surface area contributed by atoms with Crippen molar-refractivity contribution in [2.75, 3.05) is 5.32 Å². The lowest BCUT2D eigenvalue weighted by molar-refractivity contribution is 0.102. The number of fused-ring (bicyclic) bond motifs is 1. The molecule has 1 amide bonds. The lowest BCUT2D eigenvalue weighted by Crippen LogP contribution is -2.13. The molecule has 0 bridgehead atoms. The summed E-state index contributed by atoms with van der Waals surface area (Å²) in [5, 5.41) is 3.57. The first-order chi connectivity index (χ1) is 17.3. The first-order valence-electron chi connectivity index (χ1n) is 10.4. The standard InChI is InChI=1S/C27H13Cl3FN3O2/c1-2-14-13-32-8-7-17(14)18-11-21(29)19(12-23(18)31)26(35)33-16-4-6-25-24(10-16)34-27(36-25)15-3-5-20(28)22(30)9-15/h1,3-13H,(H,33,35). The number of rotatable bonds is 4. The van der Waals surface area contributed by atoms with E-state index in [-0.39, 0.29) is 16.1 Å². The zero-order valence-corrected chi connectivity index (χ0v) is 20.4. The highest BCUT2D eigenvalue weighted by Gasteiger charge is 2.18. The summed E-state index contributed by atoms with van der Waals surface area (Å²) in [7, 11) is 0. The average molecular weight is 537 g/mol. The molecule has 5 nitrogen and oxygen atoms in total. The fourth-order valence-corrected chi connectivity index (χ4v) is 4.18. The van der Waals surface area contributed by atoms with Crippen LogP contribution in [0.15, 0.2) is 71.4 Å². The topological polar surface area (TPSA) is 68.0 Å². The minimum Gasteiger partial charge on any atom is -0.436 e. The van der Waals surface area contributed by atoms with Crippen LogP contribution in [0.5, 0.6) is 0 Å². The van der Waals surface area contributed by atoms with E-state index in [0.717, 1.165) is 6.07 Å². The highest BCUT2D eigenvalue weighted by atomic mass is 35.5. The SMILES string of the molecule is C#Cc1cnccc1-c1cc(Cl)c(C(=O)Nc2ccc3oc(-c4ccc(Cl)c(Cl)c4)nc3c2)cc1F. The monoisotopic (exact) mass is 535 g/mol. The minimum absolute atomic E-state index is 0.0361. The number of carbonyl (C=O) groups is 1. The summed E-state index contributed by atoms with van der Waals surface area (Å²) in [4.78, 5) is 21.3. The smallest absolute Gasteiger partial charge is 0.257 e. The van der Waals surface area contributed by atoms with Gasteiger partial charge in [0.2, 0.25) is 5.89 Å². The van der Waals surface area contributed by atoms with E-state index in [2.05, 4.69) is 21.2 Å². The van der Waals surface area contributed by atoms with Crippen molar-refractivity contribution in [1.82, 2.24) is 9.97 Å². The van der Waals surface area contributed by atoms with Crippen molar-refractivity contribution >= 4 is 57.5 Å². The Hall–Kier alpha value is -3.89. The number of terminal acetylenes is 1. The molecular formula is C27H13Cl3FN3O2. The van der Waals surface area contributed by atoms with Crippen LogP contribution in [0.25, 0.3) is 33.7 Å². The Kier molecular flexibility index (Phi) is 6.38. The molecule has 0 saturated carbocycles. The molecule has 9 heteroatoms. The lowest BCUT2D eigenvalue weighted by atomic mass is 10.00. The van der Waals surface area contributed by atoms with Crippen LogP contribution in [0.1, 0.15) is 15.9 Å². The van der Waals surface area contributed by atoms with Crippen molar-refractivity contribution in [3.8, 4) is 34.9 Å². The van der Waals surface area contributed by atoms with E-state index >= 15 is 0 Å². The van der Waals surface area contributed by atoms with Gasteiger partial charge in [-0.15, -0.1) is 6.42 Å². The lowest BCUT2D eigenvalue weighted by Gasteiger charge is -2.11. The van der Waals surface area contributed by atoms with E-state index in [1.807, 2.05) is 0 Å². The molecule has 3 aromatic carbocycles. The molecule has 0 spiro atoms. The Labute approximate surface area is 219 Å². The Balaban J connectivity index is 1.42. The van der Waals surface area contributed by atoms with Crippen molar-refractivity contribution in [2.24, 2.45) is 0 Å². The van der Waals surface area contributed by atoms with Crippen LogP contribution < -0.4 is 5.32 Å². The van der Waals surface area contributed by atoms with E-state index in [0.29, 0.717) is 49.4 Å². The molecule has 0 unspecified atom stereocenters. The van der Waals surface area contributed by atoms with Gasteiger partial charge in [0.1, 0.15) is 11.3 Å². The van der Waals surface area contributed by atoms with Crippen LogP contribution in [-0.4, -0.2) is 15.9 Å². The largest absolute Gasteiger partial charge is 0.436 e. The Morgan fingerprint density at radius 3 is 2.58 bits per heavy atom. The van der Waals surface area contributed by atoms with Gasteiger partial charge in [-0.3, -0.25) is 9.78 Å². The number of halogens is 4. The van der Waals surface area contributed by atoms with Gasteiger partial charge in [-0.25, -0.2) is 9.37 Å². The predicted molar refractivity (Wildman–Crippen MR) is 140 cm³/mol. The number of nitrogens with zero attached hydrogens (tertiary/aromatic N) is 2. The van der Waals surface area contributed by atoms with Gasteiger partial charge < -0.3 is 9.73 Å². The van der Waals surface area contributed by atoms with Gasteiger partial charge in [0, 0.05) is 34.8 Å². The third-order valence-electron chi connectivity index (χ3n) is 5.38. The molecule has 0 radical (unpaired) electrons. The molecule has 176 valence electrons. The predicted octanol–water partition coefficient (Wildman–Crippen LogP) is 7.89. The number of benzene rings is 3. The highest BCUT2D eigenvalue weighted by molar-refractivity contribution is 6.42. The Morgan fingerprint density at radius 2 is 1.81 bits per heavy atom. The number of carbonyl (C=O) groups excluding carboxylic acids is 1. The van der Waals surface area contributed by atoms with Crippen molar-refractivity contribution in [1.29, 1.82) is 0 Å². The van der Waals surface area contributed by atoms with E-state index in [4.69, 9.17) is 45.6 Å². The van der Waals surface area contributed by atoms with E-state index in [1.165, 1.54) is 18.5 Å². The second-order valence-electron chi connectivity index (χ2n) is 7.66. The zero-order chi connectivity index (χ0) is 25.4. The summed E-state index contributed by atoms with van der Waals surface area (Å²) in [5.41, 5.74) is 3.07. The molecule has 0 aliphatic rings. The third-order valence-corrected chi connectivity index (χ3v) is 6.43. The number of hydrogen-bond donors (Lipinski definition) is 1. The van der Waals surface area contributed by atoms with Crippen molar-refractivity contribution in [3.05, 3.63) is 99.0 Å². The van der Waals surface area contributed by atoms with Gasteiger partial charge in [-0.2, -0.15) is 0 Å². The highest BCUT2D eigenvalue weighted by Crippen LogP contribution is 2.33. The van der Waals surface area contributed by atoms with Gasteiger partial charge in [0.05, 0.1) is 26.2 Å². The summed E-state index contributed by atoms with van der Waals surface area (Å²) in [6.45, 7) is 0. The molecule has 0 saturated heterocycles. The number of hydrogen-bond acceptors (Lipinski definition) is 4. The number of amides is 1. The van der Waals surface area contributed by atoms with Gasteiger partial charge in [0.25, 0.3) is 5.91 Å². The van der Waals surface area contributed by atoms with Crippen molar-refractivity contribution in [3.63, 3.8) is 0 Å². The van der Waals surface area contributed by atoms with Crippen LogP contribution in [0.4, 0.5) is 10.1 Å². The average Bonchev–Trinajstić information content (AvgIpc) is 3.30. The molecule has 0 aliphatic heterocycles. The van der Waals surface area contributed by atoms with E-state index in [9.17, 15) is 9.18 Å². The molecule has 0 fully saturated rings. The minimum atomic E-state index is -0.648. The van der Waals surface area contributed by atoms with Crippen LogP contribution >= 0.6 is 34.8 Å². The van der Waals surface area contributed by atoms with E-state index in [1.54, 1.807) is 42.5 Å². The van der Waals surface area contributed by atoms with Gasteiger partial charge in [0.15, 0.2) is 5.58 Å². The number of nitrogens with one attached hydrogen (secondary N) is 1. The fraction of sp³-hybridized carbons (Fsp3) is 0. The zero-order valence-electron chi connectivity index (χ0n) is 18.2. The maximum absolute atomic E-state index is 15.0. The second kappa shape index (κ2) is 9.63. The molecule has 36 heavy (non-hydrogen) atoms. The number of aromatic nitrogens is 2. The first kappa shape index (κ1) is 23.8. The maximum atomic E-state index is 15.0. The molecule has 5 rings (SSSR count). The number of pyridine rings is 1. The number of anilines is 1. The summed E-state index contributed by atoms with van der Waals surface area (Å²) in [6, 6.07) is 14.0. The molecule has 0 aliphatic carbocycles. The molecule has 5 aromatic rings. The molecule has 1 N–H and O–H groups in total. The second-order valence-corrected chi connectivity index (χ2v) is 8.88. The van der Waals surface area contributed by atoms with Crippen LogP contribution in [0.3, 0.4) is 0 Å².